The van der Waals surface area contributed by atoms with Crippen LogP contribution >= 0.6 is 11.6 Å². The van der Waals surface area contributed by atoms with E-state index in [1.807, 2.05) is 0 Å². The molecule has 1 N–H and O–H groups in total. The van der Waals surface area contributed by atoms with Crippen molar-refractivity contribution in [2.45, 2.75) is 12.6 Å². The van der Waals surface area contributed by atoms with E-state index in [1.165, 1.54) is 11.0 Å². The van der Waals surface area contributed by atoms with Gasteiger partial charge in [-0.1, -0.05) is 17.7 Å². The van der Waals surface area contributed by atoms with E-state index in [2.05, 4.69) is 5.32 Å². The van der Waals surface area contributed by atoms with E-state index in [0.717, 1.165) is 0 Å². The number of carbonyl (C=O) groups excluding carboxylic acids is 1. The first kappa shape index (κ1) is 11.4. The van der Waals surface area contributed by atoms with E-state index in [4.69, 9.17) is 11.6 Å². The smallest absolute Gasteiger partial charge is 0.241 e. The van der Waals surface area contributed by atoms with E-state index >= 15 is 0 Å². The predicted octanol–water partition coefficient (Wildman–Crippen LogP) is 1.41. The van der Waals surface area contributed by atoms with Crippen LogP contribution in [0.25, 0.3) is 0 Å². The van der Waals surface area contributed by atoms with Gasteiger partial charge in [0.25, 0.3) is 0 Å². The fourth-order valence-electron chi connectivity index (χ4n) is 1.50. The molecule has 1 heterocycles. The third-order valence-corrected chi connectivity index (χ3v) is 2.89. The first-order valence-corrected chi connectivity index (χ1v) is 5.38. The number of nitrogens with one attached hydrogen (secondary N) is 1. The van der Waals surface area contributed by atoms with Crippen LogP contribution in [0.3, 0.4) is 0 Å². The minimum Gasteiger partial charge on any atom is -0.340 e. The highest BCUT2D eigenvalue weighted by atomic mass is 35.5. The number of benzene rings is 1. The molecule has 2 rings (SSSR count). The number of hydrogen-bond donors (Lipinski definition) is 1. The largest absolute Gasteiger partial charge is 0.340 e. The van der Waals surface area contributed by atoms with Crippen LogP contribution < -0.4 is 5.32 Å². The summed E-state index contributed by atoms with van der Waals surface area (Å²) in [6, 6.07) is 4.41. The Balaban J connectivity index is 2.10. The lowest BCUT2D eigenvalue weighted by Gasteiger charge is -2.17. The maximum atomic E-state index is 13.5. The molecule has 1 aromatic carbocycles. The van der Waals surface area contributed by atoms with Gasteiger partial charge in [-0.25, -0.2) is 4.39 Å². The first-order valence-electron chi connectivity index (χ1n) is 5.01. The normalized spacial score (nSPS) is 18.3. The lowest BCUT2D eigenvalue weighted by molar-refractivity contribution is -0.129. The van der Waals surface area contributed by atoms with Gasteiger partial charge in [-0.15, -0.1) is 0 Å². The minimum atomic E-state index is -0.379. The maximum absolute atomic E-state index is 13.5. The van der Waals surface area contributed by atoms with Gasteiger partial charge >= 0.3 is 0 Å². The van der Waals surface area contributed by atoms with Crippen LogP contribution in [0.2, 0.25) is 5.02 Å². The molecule has 86 valence electrons. The molecule has 1 fully saturated rings. The predicted molar refractivity (Wildman–Crippen MR) is 59.7 cm³/mol. The fraction of sp³-hybridized carbons (Fsp3) is 0.364. The van der Waals surface area contributed by atoms with E-state index in [9.17, 15) is 9.18 Å². The van der Waals surface area contributed by atoms with Crippen LogP contribution in [0, 0.1) is 5.82 Å². The Morgan fingerprint density at radius 1 is 1.69 bits per heavy atom. The molecule has 1 aliphatic rings. The van der Waals surface area contributed by atoms with Gasteiger partial charge in [-0.2, -0.15) is 0 Å². The third-order valence-electron chi connectivity index (χ3n) is 2.54. The summed E-state index contributed by atoms with van der Waals surface area (Å²) in [5, 5.41) is 3.26. The standard InChI is InChI=1S/C11H12ClFN2O/c1-15(11(16)10-5-14-10)6-7-8(12)3-2-4-9(7)13/h2-4,10,14H,5-6H2,1H3/t10-/m1/s1. The average Bonchev–Trinajstić information content (AvgIpc) is 3.06. The molecule has 0 bridgehead atoms. The van der Waals surface area contributed by atoms with E-state index in [-0.39, 0.29) is 24.3 Å². The number of amides is 1. The number of rotatable bonds is 3. The Bertz CT molecular complexity index is 400. The van der Waals surface area contributed by atoms with Crippen molar-refractivity contribution in [3.05, 3.63) is 34.6 Å². The molecule has 16 heavy (non-hydrogen) atoms. The lowest BCUT2D eigenvalue weighted by Crippen LogP contribution is -2.31. The highest BCUT2D eigenvalue weighted by Crippen LogP contribution is 2.20. The second kappa shape index (κ2) is 4.39. The molecule has 5 heteroatoms. The molecule has 3 nitrogen and oxygen atoms in total. The van der Waals surface area contributed by atoms with Crippen molar-refractivity contribution in [2.24, 2.45) is 0 Å². The molecular formula is C11H12ClFN2O. The van der Waals surface area contributed by atoms with Crippen molar-refractivity contribution in [3.8, 4) is 0 Å². The van der Waals surface area contributed by atoms with Gasteiger partial charge in [0.15, 0.2) is 0 Å². The van der Waals surface area contributed by atoms with Crippen molar-refractivity contribution >= 4 is 17.5 Å². The lowest BCUT2D eigenvalue weighted by atomic mass is 10.2. The summed E-state index contributed by atoms with van der Waals surface area (Å²) in [5.41, 5.74) is 0.362. The molecule has 0 saturated carbocycles. The number of nitrogens with zero attached hydrogens (tertiary/aromatic N) is 1. The van der Waals surface area contributed by atoms with Crippen LogP contribution in [0.4, 0.5) is 4.39 Å². The zero-order chi connectivity index (χ0) is 11.7. The Kier molecular flexibility index (Phi) is 3.12. The molecule has 0 aromatic heterocycles. The Morgan fingerprint density at radius 2 is 2.38 bits per heavy atom. The van der Waals surface area contributed by atoms with Crippen LogP contribution in [-0.2, 0) is 11.3 Å². The van der Waals surface area contributed by atoms with Crippen molar-refractivity contribution < 1.29 is 9.18 Å². The molecule has 1 amide bonds. The fourth-order valence-corrected chi connectivity index (χ4v) is 1.72. The first-order chi connectivity index (χ1) is 7.59. The van der Waals surface area contributed by atoms with Gasteiger partial charge in [-0.05, 0) is 12.1 Å². The zero-order valence-electron chi connectivity index (χ0n) is 8.84. The summed E-state index contributed by atoms with van der Waals surface area (Å²) < 4.78 is 13.5. The van der Waals surface area contributed by atoms with Crippen LogP contribution in [-0.4, -0.2) is 30.4 Å². The molecular weight excluding hydrogens is 231 g/mol. The van der Waals surface area contributed by atoms with Crippen molar-refractivity contribution in [3.63, 3.8) is 0 Å². The number of halogens is 2. The number of hydrogen-bond acceptors (Lipinski definition) is 2. The quantitative estimate of drug-likeness (QED) is 0.815. The molecule has 0 radical (unpaired) electrons. The number of carbonyl (C=O) groups is 1. The van der Waals surface area contributed by atoms with Crippen molar-refractivity contribution in [1.29, 1.82) is 0 Å². The SMILES string of the molecule is CN(Cc1c(F)cccc1Cl)C(=O)[C@H]1CN1. The van der Waals surface area contributed by atoms with Crippen molar-refractivity contribution in [2.75, 3.05) is 13.6 Å². The van der Waals surface area contributed by atoms with Gasteiger partial charge < -0.3 is 10.2 Å². The Hall–Kier alpha value is -1.13. The topological polar surface area (TPSA) is 42.2 Å². The van der Waals surface area contributed by atoms with Gasteiger partial charge in [0.05, 0.1) is 6.04 Å². The summed E-state index contributed by atoms with van der Waals surface area (Å²) in [6.07, 6.45) is 0. The minimum absolute atomic E-state index is 0.0284. The van der Waals surface area contributed by atoms with Crippen LogP contribution in [0.5, 0.6) is 0 Å². The van der Waals surface area contributed by atoms with Crippen LogP contribution in [0.1, 0.15) is 5.56 Å². The summed E-state index contributed by atoms with van der Waals surface area (Å²) in [7, 11) is 1.64. The van der Waals surface area contributed by atoms with Gasteiger partial charge in [0, 0.05) is 30.7 Å². The molecule has 0 unspecified atom stereocenters. The summed E-state index contributed by atoms with van der Waals surface area (Å²) in [4.78, 5) is 13.1. The number of likely N-dealkylation sites (N-methyl/N-ethyl adjacent to an activating group) is 1. The molecule has 1 aliphatic heterocycles. The summed E-state index contributed by atoms with van der Waals surface area (Å²) in [5.74, 6) is -0.407. The molecule has 1 saturated heterocycles. The van der Waals surface area contributed by atoms with Crippen LogP contribution in [0.15, 0.2) is 18.2 Å². The Morgan fingerprint density at radius 3 is 2.94 bits per heavy atom. The monoisotopic (exact) mass is 242 g/mol. The van der Waals surface area contributed by atoms with Gasteiger partial charge in [0.1, 0.15) is 5.82 Å². The third kappa shape index (κ3) is 2.33. The molecule has 1 atom stereocenters. The summed E-state index contributed by atoms with van der Waals surface area (Å²) >= 11 is 5.88. The molecule has 0 spiro atoms. The average molecular weight is 243 g/mol. The van der Waals surface area contributed by atoms with Crippen molar-refractivity contribution in [1.82, 2.24) is 10.2 Å². The highest BCUT2D eigenvalue weighted by Gasteiger charge is 2.31. The maximum Gasteiger partial charge on any atom is 0.241 e. The molecule has 1 aromatic rings. The van der Waals surface area contributed by atoms with Gasteiger partial charge in [-0.3, -0.25) is 4.79 Å². The Labute approximate surface area is 98.2 Å². The second-order valence-corrected chi connectivity index (χ2v) is 4.26. The van der Waals surface area contributed by atoms with E-state index < -0.39 is 0 Å². The summed E-state index contributed by atoms with van der Waals surface area (Å²) in [6.45, 7) is 0.900. The highest BCUT2D eigenvalue weighted by molar-refractivity contribution is 6.31. The van der Waals surface area contributed by atoms with E-state index in [1.54, 1.807) is 19.2 Å². The second-order valence-electron chi connectivity index (χ2n) is 3.86. The van der Waals surface area contributed by atoms with E-state index in [0.29, 0.717) is 17.1 Å². The zero-order valence-corrected chi connectivity index (χ0v) is 9.59. The van der Waals surface area contributed by atoms with Gasteiger partial charge in [0.2, 0.25) is 5.91 Å². The molecule has 0 aliphatic carbocycles.